The third-order valence-electron chi connectivity index (χ3n) is 4.51. The lowest BCUT2D eigenvalue weighted by Gasteiger charge is -2.08. The van der Waals surface area contributed by atoms with Crippen LogP contribution in [0.3, 0.4) is 0 Å². The SMILES string of the molecule is Cc1ccc2oc(-c3ccc(C)c(NC(=O)/C=C/c4ccccc4)c3)nc2c1. The quantitative estimate of drug-likeness (QED) is 0.466. The molecule has 3 aromatic carbocycles. The van der Waals surface area contributed by atoms with E-state index in [4.69, 9.17) is 4.42 Å². The highest BCUT2D eigenvalue weighted by Gasteiger charge is 2.11. The lowest BCUT2D eigenvalue weighted by molar-refractivity contribution is -0.111. The van der Waals surface area contributed by atoms with Gasteiger partial charge in [0, 0.05) is 17.3 Å². The molecule has 0 unspecified atom stereocenters. The Bertz CT molecular complexity index is 1170. The van der Waals surface area contributed by atoms with Gasteiger partial charge in [0.25, 0.3) is 0 Å². The average molecular weight is 368 g/mol. The number of oxazole rings is 1. The van der Waals surface area contributed by atoms with Crippen LogP contribution in [0.15, 0.2) is 77.2 Å². The monoisotopic (exact) mass is 368 g/mol. The van der Waals surface area contributed by atoms with Gasteiger partial charge in [-0.3, -0.25) is 4.79 Å². The van der Waals surface area contributed by atoms with Crippen LogP contribution in [0.1, 0.15) is 16.7 Å². The maximum absolute atomic E-state index is 12.3. The molecule has 4 rings (SSSR count). The first kappa shape index (κ1) is 17.7. The number of anilines is 1. The normalized spacial score (nSPS) is 11.2. The fraction of sp³-hybridized carbons (Fsp3) is 0.0833. The number of benzene rings is 3. The number of nitrogens with zero attached hydrogens (tertiary/aromatic N) is 1. The van der Waals surface area contributed by atoms with Gasteiger partial charge in [-0.1, -0.05) is 42.5 Å². The summed E-state index contributed by atoms with van der Waals surface area (Å²) in [5.41, 5.74) is 6.21. The van der Waals surface area contributed by atoms with Crippen molar-refractivity contribution in [1.82, 2.24) is 4.98 Å². The maximum Gasteiger partial charge on any atom is 0.248 e. The molecular formula is C24H20N2O2. The molecule has 1 amide bonds. The first-order chi connectivity index (χ1) is 13.6. The summed E-state index contributed by atoms with van der Waals surface area (Å²) in [5.74, 6) is 0.355. The van der Waals surface area contributed by atoms with Crippen molar-refractivity contribution < 1.29 is 9.21 Å². The Morgan fingerprint density at radius 1 is 1.00 bits per heavy atom. The first-order valence-electron chi connectivity index (χ1n) is 9.11. The molecule has 0 spiro atoms. The van der Waals surface area contributed by atoms with E-state index in [1.54, 1.807) is 6.08 Å². The van der Waals surface area contributed by atoms with Crippen LogP contribution in [0.4, 0.5) is 5.69 Å². The molecule has 0 saturated heterocycles. The summed E-state index contributed by atoms with van der Waals surface area (Å²) in [6, 6.07) is 21.4. The predicted molar refractivity (Wildman–Crippen MR) is 113 cm³/mol. The second-order valence-corrected chi connectivity index (χ2v) is 6.75. The molecule has 0 saturated carbocycles. The van der Waals surface area contributed by atoms with Crippen molar-refractivity contribution in [3.05, 3.63) is 89.5 Å². The molecule has 4 heteroatoms. The highest BCUT2D eigenvalue weighted by Crippen LogP contribution is 2.28. The van der Waals surface area contributed by atoms with Crippen molar-refractivity contribution >= 4 is 28.8 Å². The highest BCUT2D eigenvalue weighted by atomic mass is 16.3. The van der Waals surface area contributed by atoms with Crippen LogP contribution in [0, 0.1) is 13.8 Å². The maximum atomic E-state index is 12.3. The summed E-state index contributed by atoms with van der Waals surface area (Å²) in [7, 11) is 0. The Balaban J connectivity index is 1.58. The minimum Gasteiger partial charge on any atom is -0.436 e. The number of nitrogens with one attached hydrogen (secondary N) is 1. The molecule has 28 heavy (non-hydrogen) atoms. The molecule has 0 bridgehead atoms. The molecule has 0 fully saturated rings. The summed E-state index contributed by atoms with van der Waals surface area (Å²) in [4.78, 5) is 16.9. The minimum atomic E-state index is -0.183. The van der Waals surface area contributed by atoms with Gasteiger partial charge in [-0.25, -0.2) is 4.98 Å². The van der Waals surface area contributed by atoms with E-state index >= 15 is 0 Å². The van der Waals surface area contributed by atoms with Crippen LogP contribution >= 0.6 is 0 Å². The van der Waals surface area contributed by atoms with Crippen molar-refractivity contribution in [2.45, 2.75) is 13.8 Å². The van der Waals surface area contributed by atoms with Gasteiger partial charge in [-0.2, -0.15) is 0 Å². The number of fused-ring (bicyclic) bond motifs is 1. The number of aromatic nitrogens is 1. The van der Waals surface area contributed by atoms with E-state index in [0.717, 1.165) is 39.0 Å². The predicted octanol–water partition coefficient (Wildman–Crippen LogP) is 5.76. The van der Waals surface area contributed by atoms with Crippen LogP contribution in [-0.2, 0) is 4.79 Å². The van der Waals surface area contributed by atoms with Crippen LogP contribution < -0.4 is 5.32 Å². The third kappa shape index (κ3) is 3.86. The lowest BCUT2D eigenvalue weighted by Crippen LogP contribution is -2.09. The van der Waals surface area contributed by atoms with Crippen molar-refractivity contribution in [3.63, 3.8) is 0 Å². The van der Waals surface area contributed by atoms with Crippen molar-refractivity contribution in [1.29, 1.82) is 0 Å². The summed E-state index contributed by atoms with van der Waals surface area (Å²) in [6.07, 6.45) is 3.32. The number of hydrogen-bond acceptors (Lipinski definition) is 3. The molecular weight excluding hydrogens is 348 g/mol. The van der Waals surface area contributed by atoms with Crippen LogP contribution in [0.25, 0.3) is 28.6 Å². The van der Waals surface area contributed by atoms with Gasteiger partial charge in [-0.05, 0) is 60.9 Å². The number of carbonyl (C=O) groups excluding carboxylic acids is 1. The molecule has 1 heterocycles. The largest absolute Gasteiger partial charge is 0.436 e. The van der Waals surface area contributed by atoms with E-state index in [1.165, 1.54) is 6.08 Å². The number of rotatable bonds is 4. The number of hydrogen-bond donors (Lipinski definition) is 1. The number of amides is 1. The Morgan fingerprint density at radius 3 is 2.64 bits per heavy atom. The van der Waals surface area contributed by atoms with Crippen LogP contribution in [0.5, 0.6) is 0 Å². The third-order valence-corrected chi connectivity index (χ3v) is 4.51. The molecule has 0 atom stereocenters. The lowest BCUT2D eigenvalue weighted by atomic mass is 10.1. The van der Waals surface area contributed by atoms with Gasteiger partial charge >= 0.3 is 0 Å². The second-order valence-electron chi connectivity index (χ2n) is 6.75. The van der Waals surface area contributed by atoms with Crippen LogP contribution in [0.2, 0.25) is 0 Å². The average Bonchev–Trinajstić information content (AvgIpc) is 3.12. The molecule has 138 valence electrons. The van der Waals surface area contributed by atoms with E-state index in [9.17, 15) is 4.79 Å². The fourth-order valence-electron chi connectivity index (χ4n) is 2.96. The number of carbonyl (C=O) groups is 1. The zero-order chi connectivity index (χ0) is 19.5. The Hall–Kier alpha value is -3.66. The van der Waals surface area contributed by atoms with Gasteiger partial charge in [0.1, 0.15) is 5.52 Å². The van der Waals surface area contributed by atoms with E-state index < -0.39 is 0 Å². The van der Waals surface area contributed by atoms with Gasteiger partial charge in [0.2, 0.25) is 11.8 Å². The van der Waals surface area contributed by atoms with E-state index in [1.807, 2.05) is 80.6 Å². The molecule has 0 aliphatic heterocycles. The van der Waals surface area contributed by atoms with Crippen molar-refractivity contribution in [3.8, 4) is 11.5 Å². The number of aryl methyl sites for hydroxylation is 2. The molecule has 1 N–H and O–H groups in total. The Morgan fingerprint density at radius 2 is 1.82 bits per heavy atom. The summed E-state index contributed by atoms with van der Waals surface area (Å²) >= 11 is 0. The molecule has 0 aliphatic carbocycles. The second kappa shape index (κ2) is 7.53. The summed E-state index contributed by atoms with van der Waals surface area (Å²) in [6.45, 7) is 3.98. The smallest absolute Gasteiger partial charge is 0.248 e. The molecule has 4 nitrogen and oxygen atoms in total. The highest BCUT2D eigenvalue weighted by molar-refractivity contribution is 6.02. The van der Waals surface area contributed by atoms with E-state index in [-0.39, 0.29) is 5.91 Å². The fourth-order valence-corrected chi connectivity index (χ4v) is 2.96. The Kier molecular flexibility index (Phi) is 4.77. The topological polar surface area (TPSA) is 55.1 Å². The first-order valence-corrected chi connectivity index (χ1v) is 9.11. The van der Waals surface area contributed by atoms with Gasteiger partial charge in [0.05, 0.1) is 0 Å². The van der Waals surface area contributed by atoms with E-state index in [0.29, 0.717) is 5.89 Å². The zero-order valence-electron chi connectivity index (χ0n) is 15.8. The molecule has 0 aliphatic rings. The van der Waals surface area contributed by atoms with E-state index in [2.05, 4.69) is 10.3 Å². The van der Waals surface area contributed by atoms with Gasteiger partial charge in [0.15, 0.2) is 5.58 Å². The minimum absolute atomic E-state index is 0.183. The van der Waals surface area contributed by atoms with Crippen LogP contribution in [-0.4, -0.2) is 10.9 Å². The standard InChI is InChI=1S/C24H20N2O2/c1-16-8-12-22-21(14-16)26-24(28-22)19-11-9-17(2)20(15-19)25-23(27)13-10-18-6-4-3-5-7-18/h3-15H,1-2H3,(H,25,27)/b13-10+. The Labute approximate surface area is 163 Å². The molecule has 0 radical (unpaired) electrons. The zero-order valence-corrected chi connectivity index (χ0v) is 15.8. The summed E-state index contributed by atoms with van der Waals surface area (Å²) < 4.78 is 5.88. The molecule has 1 aromatic heterocycles. The van der Waals surface area contributed by atoms with Crippen molar-refractivity contribution in [2.24, 2.45) is 0 Å². The van der Waals surface area contributed by atoms with Crippen molar-refractivity contribution in [2.75, 3.05) is 5.32 Å². The van der Waals surface area contributed by atoms with Gasteiger partial charge < -0.3 is 9.73 Å². The van der Waals surface area contributed by atoms with Gasteiger partial charge in [-0.15, -0.1) is 0 Å². The summed E-state index contributed by atoms with van der Waals surface area (Å²) in [5, 5.41) is 2.94. The molecule has 4 aromatic rings.